The van der Waals surface area contributed by atoms with Gasteiger partial charge in [0, 0.05) is 18.6 Å². The first kappa shape index (κ1) is 11.0. The summed E-state index contributed by atoms with van der Waals surface area (Å²) in [6, 6.07) is 1.54. The van der Waals surface area contributed by atoms with Crippen molar-refractivity contribution in [3.63, 3.8) is 0 Å². The molecular formula is C11H24N2. The van der Waals surface area contributed by atoms with Crippen LogP contribution < -0.4 is 5.32 Å². The van der Waals surface area contributed by atoms with E-state index in [1.165, 1.54) is 38.8 Å². The molecule has 2 nitrogen and oxygen atoms in total. The maximum Gasteiger partial charge on any atom is 0.0195 e. The summed E-state index contributed by atoms with van der Waals surface area (Å²) < 4.78 is 0. The highest BCUT2D eigenvalue weighted by molar-refractivity contribution is 4.79. The average Bonchev–Trinajstić information content (AvgIpc) is 2.59. The normalized spacial score (nSPS) is 23.3. The Bertz CT molecular complexity index is 126. The van der Waals surface area contributed by atoms with Crippen LogP contribution in [0.2, 0.25) is 0 Å². The summed E-state index contributed by atoms with van der Waals surface area (Å²) in [7, 11) is 2.26. The van der Waals surface area contributed by atoms with Crippen LogP contribution in [0, 0.1) is 0 Å². The SMILES string of the molecule is CCC(CC)N(C)CC1CCCN1. The van der Waals surface area contributed by atoms with Gasteiger partial charge in [-0.3, -0.25) is 0 Å². The maximum atomic E-state index is 3.55. The molecule has 1 N–H and O–H groups in total. The number of rotatable bonds is 5. The van der Waals surface area contributed by atoms with E-state index >= 15 is 0 Å². The lowest BCUT2D eigenvalue weighted by Gasteiger charge is -2.28. The number of nitrogens with zero attached hydrogens (tertiary/aromatic N) is 1. The summed E-state index contributed by atoms with van der Waals surface area (Å²) in [5, 5.41) is 3.55. The van der Waals surface area contributed by atoms with Crippen LogP contribution in [0.4, 0.5) is 0 Å². The molecule has 0 aromatic heterocycles. The first-order valence-electron chi connectivity index (χ1n) is 5.71. The molecule has 13 heavy (non-hydrogen) atoms. The van der Waals surface area contributed by atoms with E-state index in [9.17, 15) is 0 Å². The van der Waals surface area contributed by atoms with Gasteiger partial charge in [0.2, 0.25) is 0 Å². The predicted octanol–water partition coefficient (Wildman–Crippen LogP) is 1.86. The minimum atomic E-state index is 0.755. The Morgan fingerprint density at radius 2 is 2.08 bits per heavy atom. The summed E-state index contributed by atoms with van der Waals surface area (Å²) in [5.74, 6) is 0. The first-order valence-corrected chi connectivity index (χ1v) is 5.71. The van der Waals surface area contributed by atoms with Gasteiger partial charge in [-0.1, -0.05) is 13.8 Å². The van der Waals surface area contributed by atoms with Crippen molar-refractivity contribution in [1.29, 1.82) is 0 Å². The van der Waals surface area contributed by atoms with Crippen molar-refractivity contribution >= 4 is 0 Å². The molecule has 1 aliphatic heterocycles. The standard InChI is InChI=1S/C11H24N2/c1-4-11(5-2)13(3)9-10-7-6-8-12-10/h10-12H,4-9H2,1-3H3. The van der Waals surface area contributed by atoms with Crippen LogP contribution in [0.25, 0.3) is 0 Å². The van der Waals surface area contributed by atoms with Crippen LogP contribution in [0.5, 0.6) is 0 Å². The minimum Gasteiger partial charge on any atom is -0.313 e. The second kappa shape index (κ2) is 5.61. The minimum absolute atomic E-state index is 0.755. The molecule has 1 unspecified atom stereocenters. The summed E-state index contributed by atoms with van der Waals surface area (Å²) in [4.78, 5) is 2.52. The van der Waals surface area contributed by atoms with E-state index in [4.69, 9.17) is 0 Å². The molecule has 2 heteroatoms. The number of nitrogens with one attached hydrogen (secondary N) is 1. The van der Waals surface area contributed by atoms with E-state index in [2.05, 4.69) is 31.1 Å². The van der Waals surface area contributed by atoms with Gasteiger partial charge in [0.15, 0.2) is 0 Å². The molecule has 1 heterocycles. The molecule has 78 valence electrons. The van der Waals surface area contributed by atoms with Crippen molar-refractivity contribution < 1.29 is 0 Å². The van der Waals surface area contributed by atoms with Crippen molar-refractivity contribution in [2.24, 2.45) is 0 Å². The summed E-state index contributed by atoms with van der Waals surface area (Å²) in [5.41, 5.74) is 0. The lowest BCUT2D eigenvalue weighted by molar-refractivity contribution is 0.211. The fraction of sp³-hybridized carbons (Fsp3) is 1.00. The molecule has 1 aliphatic rings. The van der Waals surface area contributed by atoms with Crippen molar-refractivity contribution in [2.45, 2.75) is 51.6 Å². The van der Waals surface area contributed by atoms with E-state index < -0.39 is 0 Å². The van der Waals surface area contributed by atoms with Crippen LogP contribution in [-0.2, 0) is 0 Å². The first-order chi connectivity index (χ1) is 6.27. The monoisotopic (exact) mass is 184 g/mol. The molecule has 1 rings (SSSR count). The fourth-order valence-electron chi connectivity index (χ4n) is 2.32. The summed E-state index contributed by atoms with van der Waals surface area (Å²) in [6.07, 6.45) is 5.28. The highest BCUT2D eigenvalue weighted by Crippen LogP contribution is 2.11. The Balaban J connectivity index is 2.25. The lowest BCUT2D eigenvalue weighted by Crippen LogP contribution is -2.40. The van der Waals surface area contributed by atoms with Gasteiger partial charge < -0.3 is 10.2 Å². The van der Waals surface area contributed by atoms with Gasteiger partial charge in [-0.2, -0.15) is 0 Å². The molecule has 0 bridgehead atoms. The van der Waals surface area contributed by atoms with Gasteiger partial charge in [0.05, 0.1) is 0 Å². The Morgan fingerprint density at radius 1 is 1.38 bits per heavy atom. The Hall–Kier alpha value is -0.0800. The maximum absolute atomic E-state index is 3.55. The molecule has 1 saturated heterocycles. The molecule has 0 saturated carbocycles. The number of hydrogen-bond acceptors (Lipinski definition) is 2. The van der Waals surface area contributed by atoms with Crippen LogP contribution in [0.15, 0.2) is 0 Å². The molecule has 1 fully saturated rings. The number of hydrogen-bond donors (Lipinski definition) is 1. The Morgan fingerprint density at radius 3 is 2.54 bits per heavy atom. The molecule has 0 radical (unpaired) electrons. The second-order valence-corrected chi connectivity index (χ2v) is 4.20. The highest BCUT2D eigenvalue weighted by Gasteiger charge is 2.18. The van der Waals surface area contributed by atoms with E-state index in [0.29, 0.717) is 0 Å². The third-order valence-electron chi connectivity index (χ3n) is 3.24. The zero-order chi connectivity index (χ0) is 9.68. The van der Waals surface area contributed by atoms with Gasteiger partial charge >= 0.3 is 0 Å². The largest absolute Gasteiger partial charge is 0.313 e. The van der Waals surface area contributed by atoms with Gasteiger partial charge in [-0.15, -0.1) is 0 Å². The molecule has 0 aliphatic carbocycles. The smallest absolute Gasteiger partial charge is 0.0195 e. The van der Waals surface area contributed by atoms with Crippen LogP contribution in [0.1, 0.15) is 39.5 Å². The van der Waals surface area contributed by atoms with Crippen molar-refractivity contribution in [3.8, 4) is 0 Å². The molecule has 1 atom stereocenters. The second-order valence-electron chi connectivity index (χ2n) is 4.20. The molecule has 0 amide bonds. The summed E-state index contributed by atoms with van der Waals surface area (Å²) in [6.45, 7) is 7.02. The van der Waals surface area contributed by atoms with Gasteiger partial charge in [-0.25, -0.2) is 0 Å². The molecule has 0 aromatic carbocycles. The van der Waals surface area contributed by atoms with Crippen LogP contribution >= 0.6 is 0 Å². The molecular weight excluding hydrogens is 160 g/mol. The molecule has 0 spiro atoms. The van der Waals surface area contributed by atoms with Crippen LogP contribution in [0.3, 0.4) is 0 Å². The topological polar surface area (TPSA) is 15.3 Å². The number of likely N-dealkylation sites (N-methyl/N-ethyl adjacent to an activating group) is 1. The zero-order valence-electron chi connectivity index (χ0n) is 9.34. The van der Waals surface area contributed by atoms with E-state index in [1.807, 2.05) is 0 Å². The third kappa shape index (κ3) is 3.28. The van der Waals surface area contributed by atoms with Gasteiger partial charge in [0.25, 0.3) is 0 Å². The average molecular weight is 184 g/mol. The zero-order valence-corrected chi connectivity index (χ0v) is 9.34. The Labute approximate surface area is 82.7 Å². The van der Waals surface area contributed by atoms with E-state index in [-0.39, 0.29) is 0 Å². The summed E-state index contributed by atoms with van der Waals surface area (Å²) >= 11 is 0. The third-order valence-corrected chi connectivity index (χ3v) is 3.24. The van der Waals surface area contributed by atoms with Crippen molar-refractivity contribution in [1.82, 2.24) is 10.2 Å². The fourth-order valence-corrected chi connectivity index (χ4v) is 2.32. The predicted molar refractivity (Wildman–Crippen MR) is 58.0 cm³/mol. The van der Waals surface area contributed by atoms with Gasteiger partial charge in [0.1, 0.15) is 0 Å². The van der Waals surface area contributed by atoms with Crippen LogP contribution in [-0.4, -0.2) is 37.1 Å². The quantitative estimate of drug-likeness (QED) is 0.701. The van der Waals surface area contributed by atoms with Crippen molar-refractivity contribution in [3.05, 3.63) is 0 Å². The lowest BCUT2D eigenvalue weighted by atomic mass is 10.1. The van der Waals surface area contributed by atoms with E-state index in [0.717, 1.165) is 12.1 Å². The van der Waals surface area contributed by atoms with E-state index in [1.54, 1.807) is 0 Å². The Kier molecular flexibility index (Phi) is 4.74. The molecule has 0 aromatic rings. The van der Waals surface area contributed by atoms with Crippen molar-refractivity contribution in [2.75, 3.05) is 20.1 Å². The van der Waals surface area contributed by atoms with Gasteiger partial charge in [-0.05, 0) is 39.3 Å². The highest BCUT2D eigenvalue weighted by atomic mass is 15.2.